The number of hydrogen-bond acceptors (Lipinski definition) is 4. The van der Waals surface area contributed by atoms with E-state index in [1.807, 2.05) is 31.2 Å². The van der Waals surface area contributed by atoms with Gasteiger partial charge in [0.1, 0.15) is 17.6 Å². The van der Waals surface area contributed by atoms with Crippen LogP contribution in [0.2, 0.25) is 0 Å². The van der Waals surface area contributed by atoms with E-state index >= 15 is 0 Å². The number of hydrogen-bond donors (Lipinski definition) is 0. The Bertz CT molecular complexity index is 596. The van der Waals surface area contributed by atoms with Crippen molar-refractivity contribution in [3.8, 4) is 5.75 Å². The van der Waals surface area contributed by atoms with E-state index in [0.717, 1.165) is 30.6 Å². The molecule has 2 amide bonds. The van der Waals surface area contributed by atoms with Crippen molar-refractivity contribution in [3.63, 3.8) is 0 Å². The Kier molecular flexibility index (Phi) is 6.26. The summed E-state index contributed by atoms with van der Waals surface area (Å²) in [6, 6.07) is 7.65. The first-order chi connectivity index (χ1) is 11.5. The Morgan fingerprint density at radius 3 is 2.46 bits per heavy atom. The normalized spacial score (nSPS) is 23.0. The number of imide groups is 1. The molecular weight excluding hydrogens is 306 g/mol. The van der Waals surface area contributed by atoms with Crippen LogP contribution in [0.15, 0.2) is 24.3 Å². The number of quaternary nitrogens is 1. The van der Waals surface area contributed by atoms with Gasteiger partial charge in [0.05, 0.1) is 20.1 Å². The highest BCUT2D eigenvalue weighted by Crippen LogP contribution is 2.26. The molecule has 0 bridgehead atoms. The number of benzene rings is 1. The number of nitrogens with zero attached hydrogens (tertiary/aromatic N) is 1. The molecule has 1 fully saturated rings. The lowest BCUT2D eigenvalue weighted by molar-refractivity contribution is -0.780. The first kappa shape index (κ1) is 18.3. The molecule has 1 aromatic carbocycles. The Hall–Kier alpha value is -2.01. The van der Waals surface area contributed by atoms with E-state index in [4.69, 9.17) is 4.74 Å². The van der Waals surface area contributed by atoms with Crippen molar-refractivity contribution in [3.05, 3.63) is 29.8 Å². The molecule has 0 aliphatic carbocycles. The molecule has 1 aromatic rings. The minimum Gasteiger partial charge on any atom is -0.497 e. The fourth-order valence-electron chi connectivity index (χ4n) is 3.34. The van der Waals surface area contributed by atoms with Gasteiger partial charge >= 0.3 is 12.3 Å². The number of carbonyl (C=O) groups is 3. The molecular formula is C19H26NO4+. The lowest BCUT2D eigenvalue weighted by atomic mass is 10.0. The van der Waals surface area contributed by atoms with Crippen LogP contribution in [0.3, 0.4) is 0 Å². The van der Waals surface area contributed by atoms with Crippen molar-refractivity contribution in [1.29, 1.82) is 0 Å². The summed E-state index contributed by atoms with van der Waals surface area (Å²) in [6.07, 6.45) is 3.98. The van der Waals surface area contributed by atoms with Gasteiger partial charge < -0.3 is 4.74 Å². The van der Waals surface area contributed by atoms with Gasteiger partial charge in [0.25, 0.3) is 0 Å². The first-order valence-electron chi connectivity index (χ1n) is 8.53. The number of ether oxygens (including phenoxy) is 1. The Morgan fingerprint density at radius 1 is 1.21 bits per heavy atom. The van der Waals surface area contributed by atoms with Crippen LogP contribution in [0.5, 0.6) is 5.75 Å². The monoisotopic (exact) mass is 332 g/mol. The largest absolute Gasteiger partial charge is 0.497 e. The predicted octanol–water partition coefficient (Wildman–Crippen LogP) is 2.66. The van der Waals surface area contributed by atoms with E-state index in [9.17, 15) is 14.4 Å². The predicted molar refractivity (Wildman–Crippen MR) is 90.5 cm³/mol. The topological polar surface area (TPSA) is 60.4 Å². The third-order valence-corrected chi connectivity index (χ3v) is 5.06. The summed E-state index contributed by atoms with van der Waals surface area (Å²) in [5.41, 5.74) is 1.07. The molecule has 0 aromatic heterocycles. The molecule has 2 rings (SSSR count). The van der Waals surface area contributed by atoms with Crippen molar-refractivity contribution in [2.75, 3.05) is 13.7 Å². The second-order valence-corrected chi connectivity index (χ2v) is 6.53. The summed E-state index contributed by atoms with van der Waals surface area (Å²) < 4.78 is 5.00. The standard InChI is InChI=1S/C19H26NO4/c1-15-4-3-13-20(15,14-21)19(23)12-9-17(22)8-5-16-6-10-18(24-2)11-7-16/h6-7,10-11,14-15H,3-5,8-9,12-13H2,1-2H3/q+1/t15-,20?/m1/s1. The maximum Gasteiger partial charge on any atom is 0.321 e. The summed E-state index contributed by atoms with van der Waals surface area (Å²) >= 11 is 0. The number of likely N-dealkylation sites (tertiary alicyclic amines) is 1. The van der Waals surface area contributed by atoms with Crippen LogP contribution in [0, 0.1) is 0 Å². The quantitative estimate of drug-likeness (QED) is 0.542. The average molecular weight is 332 g/mol. The van der Waals surface area contributed by atoms with Crippen LogP contribution < -0.4 is 4.74 Å². The van der Waals surface area contributed by atoms with Crippen LogP contribution in [0.25, 0.3) is 0 Å². The number of methoxy groups -OCH3 is 1. The molecule has 0 saturated carbocycles. The maximum atomic E-state index is 12.4. The van der Waals surface area contributed by atoms with Gasteiger partial charge in [0, 0.05) is 25.7 Å². The molecule has 1 heterocycles. The molecule has 1 aliphatic heterocycles. The van der Waals surface area contributed by atoms with Crippen molar-refractivity contribution >= 4 is 18.1 Å². The summed E-state index contributed by atoms with van der Waals surface area (Å²) in [4.78, 5) is 35.9. The number of amides is 2. The third-order valence-electron chi connectivity index (χ3n) is 5.06. The Balaban J connectivity index is 1.80. The molecule has 5 nitrogen and oxygen atoms in total. The summed E-state index contributed by atoms with van der Waals surface area (Å²) in [6.45, 7) is 2.51. The van der Waals surface area contributed by atoms with Crippen molar-refractivity contribution < 1.29 is 23.6 Å². The number of carbonyl (C=O) groups excluding carboxylic acids is 3. The second kappa shape index (κ2) is 8.20. The fraction of sp³-hybridized carbons (Fsp3) is 0.526. The Morgan fingerprint density at radius 2 is 1.92 bits per heavy atom. The van der Waals surface area contributed by atoms with Gasteiger partial charge in [-0.15, -0.1) is 0 Å². The van der Waals surface area contributed by atoms with E-state index in [0.29, 0.717) is 19.4 Å². The third kappa shape index (κ3) is 4.09. The highest BCUT2D eigenvalue weighted by atomic mass is 16.5. The van der Waals surface area contributed by atoms with Crippen LogP contribution in [0.1, 0.15) is 44.6 Å². The molecule has 1 saturated heterocycles. The number of Topliss-reactive ketones (excluding diaryl/α,β-unsaturated/α-hetero) is 1. The highest BCUT2D eigenvalue weighted by Gasteiger charge is 2.45. The Labute approximate surface area is 143 Å². The number of ketones is 1. The van der Waals surface area contributed by atoms with Gasteiger partial charge in [-0.25, -0.2) is 9.59 Å². The molecule has 0 N–H and O–H groups in total. The number of aryl methyl sites for hydroxylation is 1. The first-order valence-corrected chi connectivity index (χ1v) is 8.53. The molecule has 130 valence electrons. The lowest BCUT2D eigenvalue weighted by Gasteiger charge is -2.28. The van der Waals surface area contributed by atoms with E-state index < -0.39 is 0 Å². The van der Waals surface area contributed by atoms with Gasteiger partial charge in [-0.05, 0) is 31.0 Å². The van der Waals surface area contributed by atoms with E-state index in [1.165, 1.54) is 0 Å². The second-order valence-electron chi connectivity index (χ2n) is 6.53. The lowest BCUT2D eigenvalue weighted by Crippen LogP contribution is -2.53. The van der Waals surface area contributed by atoms with Gasteiger partial charge in [0.15, 0.2) is 0 Å². The van der Waals surface area contributed by atoms with Gasteiger partial charge in [-0.1, -0.05) is 12.1 Å². The molecule has 5 heteroatoms. The van der Waals surface area contributed by atoms with Crippen molar-refractivity contribution in [2.24, 2.45) is 0 Å². The maximum absolute atomic E-state index is 12.4. The smallest absolute Gasteiger partial charge is 0.321 e. The van der Waals surface area contributed by atoms with Crippen molar-refractivity contribution in [2.45, 2.75) is 51.5 Å². The van der Waals surface area contributed by atoms with Crippen molar-refractivity contribution in [1.82, 2.24) is 0 Å². The number of rotatable bonds is 8. The zero-order valence-electron chi connectivity index (χ0n) is 14.5. The van der Waals surface area contributed by atoms with Crippen LogP contribution in [-0.4, -0.2) is 42.3 Å². The van der Waals surface area contributed by atoms with E-state index in [1.54, 1.807) is 7.11 Å². The SMILES string of the molecule is COc1ccc(CCC(=O)CCC(=O)[N+]2(C=O)CCC[C@H]2C)cc1. The molecule has 1 aliphatic rings. The molecule has 0 radical (unpaired) electrons. The van der Waals surface area contributed by atoms with Crippen LogP contribution in [-0.2, 0) is 20.8 Å². The molecule has 0 spiro atoms. The zero-order valence-corrected chi connectivity index (χ0v) is 14.5. The van der Waals surface area contributed by atoms with E-state index in [2.05, 4.69) is 0 Å². The van der Waals surface area contributed by atoms with Gasteiger partial charge in [0.2, 0.25) is 0 Å². The minimum absolute atomic E-state index is 0.0319. The molecule has 24 heavy (non-hydrogen) atoms. The fourth-order valence-corrected chi connectivity index (χ4v) is 3.34. The summed E-state index contributed by atoms with van der Waals surface area (Å²) in [5.74, 6) is 0.737. The summed E-state index contributed by atoms with van der Waals surface area (Å²) in [5, 5.41) is 0. The minimum atomic E-state index is -0.118. The summed E-state index contributed by atoms with van der Waals surface area (Å²) in [7, 11) is 1.62. The van der Waals surface area contributed by atoms with Gasteiger partial charge in [-0.3, -0.25) is 4.79 Å². The zero-order chi connectivity index (χ0) is 17.6. The molecule has 1 unspecified atom stereocenters. The average Bonchev–Trinajstić information content (AvgIpc) is 3.00. The van der Waals surface area contributed by atoms with Crippen LogP contribution in [0.4, 0.5) is 0 Å². The highest BCUT2D eigenvalue weighted by molar-refractivity contribution is 5.84. The van der Waals surface area contributed by atoms with Crippen LogP contribution >= 0.6 is 0 Å². The molecule has 2 atom stereocenters. The van der Waals surface area contributed by atoms with E-state index in [-0.39, 0.29) is 35.1 Å². The van der Waals surface area contributed by atoms with Gasteiger partial charge in [-0.2, -0.15) is 4.48 Å².